The smallest absolute Gasteiger partial charge is 0.265 e. The molecular weight excluding hydrogens is 280 g/mol. The Bertz CT molecular complexity index is 563. The Kier molecular flexibility index (Phi) is 3.74. The minimum atomic E-state index is -0.111. The van der Waals surface area contributed by atoms with Gasteiger partial charge in [0.05, 0.1) is 5.69 Å². The zero-order valence-electron chi connectivity index (χ0n) is 9.53. The quantitative estimate of drug-likeness (QED) is 0.945. The van der Waals surface area contributed by atoms with Crippen molar-refractivity contribution in [1.29, 1.82) is 0 Å². The average molecular weight is 293 g/mol. The van der Waals surface area contributed by atoms with Crippen molar-refractivity contribution < 1.29 is 0 Å². The number of rotatable bonds is 3. The first-order valence-corrected chi connectivity index (χ1v) is 6.25. The number of nitrogens with zero attached hydrogens (tertiary/aromatic N) is 1. The maximum absolute atomic E-state index is 11.5. The molecule has 0 amide bonds. The molecular formula is C13H13BrN2O. The van der Waals surface area contributed by atoms with E-state index in [0.717, 1.165) is 24.4 Å². The van der Waals surface area contributed by atoms with E-state index in [1.54, 1.807) is 0 Å². The largest absolute Gasteiger partial charge is 0.310 e. The van der Waals surface area contributed by atoms with Gasteiger partial charge in [0.1, 0.15) is 10.3 Å². The molecule has 88 valence electrons. The predicted octanol–water partition coefficient (Wildman–Crippen LogP) is 2.63. The number of H-pyrrole nitrogens is 1. The highest BCUT2D eigenvalue weighted by Crippen LogP contribution is 2.08. The van der Waals surface area contributed by atoms with Crippen LogP contribution >= 0.6 is 15.9 Å². The maximum atomic E-state index is 11.5. The molecule has 0 aliphatic carbocycles. The molecule has 2 aromatic rings. The fourth-order valence-electron chi connectivity index (χ4n) is 1.66. The van der Waals surface area contributed by atoms with Crippen molar-refractivity contribution in [3.05, 3.63) is 62.2 Å². The van der Waals surface area contributed by atoms with Crippen LogP contribution in [0, 0.1) is 6.92 Å². The summed E-state index contributed by atoms with van der Waals surface area (Å²) in [7, 11) is 0. The van der Waals surface area contributed by atoms with E-state index in [-0.39, 0.29) is 5.56 Å². The fourth-order valence-corrected chi connectivity index (χ4v) is 1.84. The zero-order valence-corrected chi connectivity index (χ0v) is 11.1. The van der Waals surface area contributed by atoms with Gasteiger partial charge >= 0.3 is 0 Å². The van der Waals surface area contributed by atoms with E-state index >= 15 is 0 Å². The van der Waals surface area contributed by atoms with E-state index in [4.69, 9.17) is 0 Å². The summed E-state index contributed by atoms with van der Waals surface area (Å²) in [6, 6.07) is 10.2. The van der Waals surface area contributed by atoms with Crippen LogP contribution in [0.15, 0.2) is 39.6 Å². The van der Waals surface area contributed by atoms with Gasteiger partial charge in [0.2, 0.25) is 0 Å². The van der Waals surface area contributed by atoms with E-state index in [9.17, 15) is 4.79 Å². The van der Waals surface area contributed by atoms with Crippen molar-refractivity contribution in [2.45, 2.75) is 19.8 Å². The summed E-state index contributed by atoms with van der Waals surface area (Å²) in [4.78, 5) is 18.6. The number of aromatic nitrogens is 2. The number of aromatic amines is 1. The lowest BCUT2D eigenvalue weighted by Crippen LogP contribution is -2.14. The summed E-state index contributed by atoms with van der Waals surface area (Å²) in [5, 5.41) is 0. The van der Waals surface area contributed by atoms with Crippen molar-refractivity contribution >= 4 is 15.9 Å². The van der Waals surface area contributed by atoms with Crippen molar-refractivity contribution in [2.75, 3.05) is 0 Å². The molecule has 17 heavy (non-hydrogen) atoms. The van der Waals surface area contributed by atoms with Crippen molar-refractivity contribution in [1.82, 2.24) is 9.97 Å². The first-order chi connectivity index (χ1) is 8.16. The normalized spacial score (nSPS) is 10.5. The minimum Gasteiger partial charge on any atom is -0.310 e. The Morgan fingerprint density at radius 2 is 1.94 bits per heavy atom. The van der Waals surface area contributed by atoms with E-state index in [1.165, 1.54) is 5.56 Å². The molecule has 0 bridgehead atoms. The van der Waals surface area contributed by atoms with Crippen LogP contribution in [-0.4, -0.2) is 9.97 Å². The molecule has 0 fully saturated rings. The van der Waals surface area contributed by atoms with Gasteiger partial charge in [-0.3, -0.25) is 4.79 Å². The molecule has 0 aliphatic heterocycles. The minimum absolute atomic E-state index is 0.111. The van der Waals surface area contributed by atoms with Gasteiger partial charge in [-0.2, -0.15) is 0 Å². The Morgan fingerprint density at radius 1 is 1.24 bits per heavy atom. The standard InChI is InChI=1S/C13H13BrN2O/c1-9-12(14)13(17)16-11(15-9)8-7-10-5-3-2-4-6-10/h2-6H,7-8H2,1H3,(H,15,16,17). The summed E-state index contributed by atoms with van der Waals surface area (Å²) < 4.78 is 0.515. The van der Waals surface area contributed by atoms with Crippen LogP contribution in [0.5, 0.6) is 0 Å². The number of halogens is 1. The lowest BCUT2D eigenvalue weighted by molar-refractivity contribution is 0.830. The molecule has 1 N–H and O–H groups in total. The second-order valence-electron chi connectivity index (χ2n) is 3.90. The molecule has 1 aromatic heterocycles. The lowest BCUT2D eigenvalue weighted by atomic mass is 10.1. The maximum Gasteiger partial charge on any atom is 0.265 e. The Hall–Kier alpha value is -1.42. The monoisotopic (exact) mass is 292 g/mol. The van der Waals surface area contributed by atoms with Crippen LogP contribution < -0.4 is 5.56 Å². The summed E-state index contributed by atoms with van der Waals surface area (Å²) in [5.41, 5.74) is 1.87. The van der Waals surface area contributed by atoms with Gasteiger partial charge in [-0.1, -0.05) is 30.3 Å². The first-order valence-electron chi connectivity index (χ1n) is 5.46. The number of hydrogen-bond donors (Lipinski definition) is 1. The van der Waals surface area contributed by atoms with Crippen LogP contribution in [0.2, 0.25) is 0 Å². The second kappa shape index (κ2) is 5.27. The molecule has 0 aliphatic rings. The van der Waals surface area contributed by atoms with Crippen molar-refractivity contribution in [3.63, 3.8) is 0 Å². The van der Waals surface area contributed by atoms with Gasteiger partial charge in [0.15, 0.2) is 0 Å². The van der Waals surface area contributed by atoms with Gasteiger partial charge in [-0.15, -0.1) is 0 Å². The molecule has 1 aromatic carbocycles. The van der Waals surface area contributed by atoms with E-state index in [2.05, 4.69) is 38.0 Å². The number of nitrogens with one attached hydrogen (secondary N) is 1. The van der Waals surface area contributed by atoms with Gasteiger partial charge < -0.3 is 4.98 Å². The Morgan fingerprint density at radius 3 is 2.59 bits per heavy atom. The summed E-state index contributed by atoms with van der Waals surface area (Å²) in [6.07, 6.45) is 1.62. The number of hydrogen-bond acceptors (Lipinski definition) is 2. The Labute approximate surface area is 108 Å². The summed E-state index contributed by atoms with van der Waals surface area (Å²) >= 11 is 3.20. The molecule has 1 heterocycles. The van der Waals surface area contributed by atoms with Crippen LogP contribution in [-0.2, 0) is 12.8 Å². The highest BCUT2D eigenvalue weighted by molar-refractivity contribution is 9.10. The number of aryl methyl sites for hydroxylation is 3. The highest BCUT2D eigenvalue weighted by atomic mass is 79.9. The molecule has 0 saturated carbocycles. The van der Waals surface area contributed by atoms with Crippen molar-refractivity contribution in [2.24, 2.45) is 0 Å². The molecule has 3 nitrogen and oxygen atoms in total. The van der Waals surface area contributed by atoms with E-state index in [0.29, 0.717) is 4.47 Å². The predicted molar refractivity (Wildman–Crippen MR) is 71.1 cm³/mol. The van der Waals surface area contributed by atoms with E-state index in [1.807, 2.05) is 25.1 Å². The molecule has 0 saturated heterocycles. The highest BCUT2D eigenvalue weighted by Gasteiger charge is 2.04. The molecule has 0 unspecified atom stereocenters. The van der Waals surface area contributed by atoms with Crippen LogP contribution in [0.3, 0.4) is 0 Å². The molecule has 0 atom stereocenters. The molecule has 2 rings (SSSR count). The third-order valence-corrected chi connectivity index (χ3v) is 3.50. The Balaban J connectivity index is 2.13. The second-order valence-corrected chi connectivity index (χ2v) is 4.69. The van der Waals surface area contributed by atoms with Crippen LogP contribution in [0.25, 0.3) is 0 Å². The van der Waals surface area contributed by atoms with Gasteiger partial charge in [0.25, 0.3) is 5.56 Å². The topological polar surface area (TPSA) is 45.8 Å². The summed E-state index contributed by atoms with van der Waals surface area (Å²) in [5.74, 6) is 0.736. The van der Waals surface area contributed by atoms with E-state index < -0.39 is 0 Å². The lowest BCUT2D eigenvalue weighted by Gasteiger charge is -2.03. The van der Waals surface area contributed by atoms with Crippen LogP contribution in [0.1, 0.15) is 17.1 Å². The first kappa shape index (κ1) is 12.0. The molecule has 0 radical (unpaired) electrons. The molecule has 4 heteroatoms. The fraction of sp³-hybridized carbons (Fsp3) is 0.231. The SMILES string of the molecule is Cc1nc(CCc2ccccc2)[nH]c(=O)c1Br. The third-order valence-electron chi connectivity index (χ3n) is 2.57. The van der Waals surface area contributed by atoms with Gasteiger partial charge in [-0.05, 0) is 34.8 Å². The zero-order chi connectivity index (χ0) is 12.3. The van der Waals surface area contributed by atoms with Crippen molar-refractivity contribution in [3.8, 4) is 0 Å². The summed E-state index contributed by atoms with van der Waals surface area (Å²) in [6.45, 7) is 1.82. The van der Waals surface area contributed by atoms with Gasteiger partial charge in [0, 0.05) is 6.42 Å². The van der Waals surface area contributed by atoms with Gasteiger partial charge in [-0.25, -0.2) is 4.98 Å². The molecule has 0 spiro atoms. The average Bonchev–Trinajstić information content (AvgIpc) is 2.34. The van der Waals surface area contributed by atoms with Crippen LogP contribution in [0.4, 0.5) is 0 Å². The number of benzene rings is 1. The third kappa shape index (κ3) is 3.03.